The van der Waals surface area contributed by atoms with E-state index in [-0.39, 0.29) is 16.6 Å². The van der Waals surface area contributed by atoms with Crippen LogP contribution >= 0.6 is 0 Å². The minimum absolute atomic E-state index is 0.228. The highest BCUT2D eigenvalue weighted by Crippen LogP contribution is 2.35. The highest BCUT2D eigenvalue weighted by Gasteiger charge is 2.42. The Labute approximate surface area is 81.3 Å². The van der Waals surface area contributed by atoms with Crippen LogP contribution in [-0.2, 0) is 13.8 Å². The van der Waals surface area contributed by atoms with Crippen molar-refractivity contribution in [1.29, 1.82) is 0 Å². The zero-order valence-corrected chi connectivity index (χ0v) is 10.2. The Morgan fingerprint density at radius 1 is 1.00 bits per heavy atom. The average molecular weight is 210 g/mol. The van der Waals surface area contributed by atoms with Crippen LogP contribution in [0.5, 0.6) is 0 Å². The molecule has 0 saturated heterocycles. The smallest absolute Gasteiger partial charge is 0.0896 e. The minimum Gasteiger partial charge on any atom is -0.307 e. The Morgan fingerprint density at radius 3 is 1.38 bits per heavy atom. The maximum Gasteiger partial charge on any atom is 0.0896 e. The van der Waals surface area contributed by atoms with Gasteiger partial charge in [0, 0.05) is 0 Å². The summed E-state index contributed by atoms with van der Waals surface area (Å²) in [6.45, 7) is 10.4. The van der Waals surface area contributed by atoms with Crippen molar-refractivity contribution in [2.45, 2.75) is 58.1 Å². The van der Waals surface area contributed by atoms with E-state index in [0.717, 1.165) is 0 Å². The van der Waals surface area contributed by atoms with Crippen LogP contribution in [0.3, 0.4) is 0 Å². The lowest BCUT2D eigenvalue weighted by Gasteiger charge is -2.44. The summed E-state index contributed by atoms with van der Waals surface area (Å²) in [6, 6.07) is 0. The molecule has 0 saturated carbocycles. The molecule has 0 heterocycles. The van der Waals surface area contributed by atoms with Gasteiger partial charge in [-0.05, 0) is 41.5 Å². The molecular weight excluding hydrogens is 188 g/mol. The molecule has 0 radical (unpaired) electrons. The predicted octanol–water partition coefficient (Wildman–Crippen LogP) is 2.44. The summed E-state index contributed by atoms with van der Waals surface area (Å²) in [6.07, 6.45) is -0.228. The van der Waals surface area contributed by atoms with Gasteiger partial charge in [-0.2, -0.15) is 0 Å². The Kier molecular flexibility index (Phi) is 3.69. The monoisotopic (exact) mass is 210 g/mol. The third-order valence-electron chi connectivity index (χ3n) is 2.12. The standard InChI is InChI=1S/C9H22O3S/c1-7(2)12-13(10,11,8(3)4)9(5)6/h7-9H,1-6H3,(H,10,11). The minimum atomic E-state index is -3.93. The van der Waals surface area contributed by atoms with E-state index in [2.05, 4.69) is 0 Å². The van der Waals surface area contributed by atoms with Crippen LogP contribution in [0.15, 0.2) is 0 Å². The first-order valence-corrected chi connectivity index (χ1v) is 6.66. The highest BCUT2D eigenvalue weighted by molar-refractivity contribution is 8.12. The zero-order chi connectivity index (χ0) is 10.9. The van der Waals surface area contributed by atoms with Crippen molar-refractivity contribution in [3.05, 3.63) is 0 Å². The molecule has 0 aromatic rings. The number of hydrogen-bond donors (Lipinski definition) is 1. The summed E-state index contributed by atoms with van der Waals surface area (Å²) in [5.41, 5.74) is 0. The van der Waals surface area contributed by atoms with Gasteiger partial charge in [0.15, 0.2) is 0 Å². The lowest BCUT2D eigenvalue weighted by atomic mass is 10.5. The molecular formula is C9H22O3S. The van der Waals surface area contributed by atoms with Crippen LogP contribution in [0.2, 0.25) is 0 Å². The maximum absolute atomic E-state index is 12.3. The Hall–Kier alpha value is 0.0700. The first-order valence-electron chi connectivity index (χ1n) is 4.69. The van der Waals surface area contributed by atoms with E-state index in [9.17, 15) is 8.76 Å². The molecule has 1 N–H and O–H groups in total. The molecule has 0 rings (SSSR count). The topological polar surface area (TPSA) is 46.5 Å². The Morgan fingerprint density at radius 2 is 1.31 bits per heavy atom. The number of rotatable bonds is 4. The third kappa shape index (κ3) is 2.51. The van der Waals surface area contributed by atoms with Gasteiger partial charge >= 0.3 is 0 Å². The molecule has 0 atom stereocenters. The molecule has 0 fully saturated rings. The molecule has 13 heavy (non-hydrogen) atoms. The summed E-state index contributed by atoms with van der Waals surface area (Å²) < 4.78 is 27.7. The lowest BCUT2D eigenvalue weighted by molar-refractivity contribution is 0.200. The Bertz CT molecular complexity index is 219. The van der Waals surface area contributed by atoms with Gasteiger partial charge in [0.2, 0.25) is 0 Å². The van der Waals surface area contributed by atoms with E-state index >= 15 is 0 Å². The fourth-order valence-electron chi connectivity index (χ4n) is 1.15. The highest BCUT2D eigenvalue weighted by atomic mass is 32.3. The van der Waals surface area contributed by atoms with E-state index in [0.29, 0.717) is 0 Å². The fourth-order valence-corrected chi connectivity index (χ4v) is 3.46. The molecule has 0 spiro atoms. The van der Waals surface area contributed by atoms with Gasteiger partial charge in [-0.3, -0.25) is 4.18 Å². The van der Waals surface area contributed by atoms with Crippen LogP contribution in [-0.4, -0.2) is 25.4 Å². The van der Waals surface area contributed by atoms with Crippen molar-refractivity contribution in [2.24, 2.45) is 0 Å². The summed E-state index contributed by atoms with van der Waals surface area (Å²) in [7, 11) is -3.93. The van der Waals surface area contributed by atoms with Crippen molar-refractivity contribution in [1.82, 2.24) is 0 Å². The van der Waals surface area contributed by atoms with Crippen LogP contribution < -0.4 is 0 Å². The van der Waals surface area contributed by atoms with Crippen molar-refractivity contribution >= 4 is 9.63 Å². The Balaban J connectivity index is 5.06. The summed E-state index contributed by atoms with van der Waals surface area (Å²) in [5, 5.41) is -0.751. The van der Waals surface area contributed by atoms with Crippen LogP contribution in [0, 0.1) is 0 Å². The van der Waals surface area contributed by atoms with Crippen molar-refractivity contribution in [3.8, 4) is 0 Å². The molecule has 0 aromatic carbocycles. The van der Waals surface area contributed by atoms with Gasteiger partial charge < -0.3 is 4.55 Å². The molecule has 4 heteroatoms. The fraction of sp³-hybridized carbons (Fsp3) is 1.00. The van der Waals surface area contributed by atoms with Crippen molar-refractivity contribution in [3.63, 3.8) is 0 Å². The normalized spacial score (nSPS) is 16.6. The molecule has 0 bridgehead atoms. The third-order valence-corrected chi connectivity index (χ3v) is 6.36. The molecule has 0 aliphatic carbocycles. The lowest BCUT2D eigenvalue weighted by Crippen LogP contribution is -2.51. The zero-order valence-electron chi connectivity index (χ0n) is 9.40. The van der Waals surface area contributed by atoms with E-state index in [1.165, 1.54) is 0 Å². The first-order chi connectivity index (χ1) is 5.60. The predicted molar refractivity (Wildman–Crippen MR) is 57.3 cm³/mol. The second kappa shape index (κ2) is 3.67. The second-order valence-corrected chi connectivity index (χ2v) is 8.17. The van der Waals surface area contributed by atoms with Gasteiger partial charge in [0.1, 0.15) is 0 Å². The molecule has 0 aliphatic heterocycles. The number of hydrogen-bond acceptors (Lipinski definition) is 2. The van der Waals surface area contributed by atoms with Gasteiger partial charge in [-0.1, -0.05) is 0 Å². The second-order valence-electron chi connectivity index (χ2n) is 4.19. The molecule has 0 unspecified atom stereocenters. The van der Waals surface area contributed by atoms with Gasteiger partial charge in [0.25, 0.3) is 0 Å². The van der Waals surface area contributed by atoms with Gasteiger partial charge in [-0.15, -0.1) is 0 Å². The van der Waals surface area contributed by atoms with E-state index < -0.39 is 9.63 Å². The van der Waals surface area contributed by atoms with Crippen molar-refractivity contribution < 1.29 is 12.9 Å². The molecule has 0 aromatic heterocycles. The average Bonchev–Trinajstić information content (AvgIpc) is 1.83. The molecule has 3 nitrogen and oxygen atoms in total. The van der Waals surface area contributed by atoms with E-state index in [1.54, 1.807) is 41.5 Å². The first kappa shape index (κ1) is 13.1. The molecule has 0 amide bonds. The molecule has 82 valence electrons. The largest absolute Gasteiger partial charge is 0.307 e. The summed E-state index contributed by atoms with van der Waals surface area (Å²) in [4.78, 5) is 0. The summed E-state index contributed by atoms with van der Waals surface area (Å²) in [5.74, 6) is 0. The molecule has 0 aliphatic rings. The van der Waals surface area contributed by atoms with E-state index in [4.69, 9.17) is 4.18 Å². The van der Waals surface area contributed by atoms with E-state index in [1.807, 2.05) is 0 Å². The summed E-state index contributed by atoms with van der Waals surface area (Å²) >= 11 is 0. The quantitative estimate of drug-likeness (QED) is 0.775. The van der Waals surface area contributed by atoms with Gasteiger partial charge in [0.05, 0.1) is 26.2 Å². The maximum atomic E-state index is 12.3. The van der Waals surface area contributed by atoms with Crippen molar-refractivity contribution in [2.75, 3.05) is 0 Å². The van der Waals surface area contributed by atoms with Gasteiger partial charge in [-0.25, -0.2) is 4.21 Å². The van der Waals surface area contributed by atoms with Crippen LogP contribution in [0.4, 0.5) is 0 Å². The van der Waals surface area contributed by atoms with Crippen LogP contribution in [0.25, 0.3) is 0 Å². The van der Waals surface area contributed by atoms with Crippen LogP contribution in [0.1, 0.15) is 41.5 Å². The SMILES string of the molecule is CC(C)OS(=O)(O)(C(C)C)C(C)C.